The number of carbonyl (C=O) groups is 1. The molecule has 1 fully saturated rings. The van der Waals surface area contributed by atoms with Gasteiger partial charge in [-0.2, -0.15) is 0 Å². The van der Waals surface area contributed by atoms with Crippen LogP contribution in [0.15, 0.2) is 30.3 Å². The fraction of sp³-hybridized carbons (Fsp3) is 0.562. The third-order valence-corrected chi connectivity index (χ3v) is 4.05. The Morgan fingerprint density at radius 3 is 2.58 bits per heavy atom. The molecule has 1 amide bonds. The number of hydrogen-bond donors (Lipinski definition) is 2. The number of carbonyl (C=O) groups excluding carboxylic acids is 1. The van der Waals surface area contributed by atoms with E-state index in [1.165, 1.54) is 0 Å². The molecule has 3 heteroatoms. The fourth-order valence-electron chi connectivity index (χ4n) is 2.70. The van der Waals surface area contributed by atoms with Crippen LogP contribution in [0.1, 0.15) is 44.6 Å². The van der Waals surface area contributed by atoms with Crippen molar-refractivity contribution >= 4 is 5.91 Å². The van der Waals surface area contributed by atoms with Crippen LogP contribution in [0, 0.1) is 0 Å². The molecular weight excluding hydrogens is 238 g/mol. The van der Waals surface area contributed by atoms with Gasteiger partial charge in [-0.25, -0.2) is 0 Å². The Labute approximate surface area is 115 Å². The Morgan fingerprint density at radius 2 is 2.05 bits per heavy atom. The van der Waals surface area contributed by atoms with Gasteiger partial charge >= 0.3 is 0 Å². The monoisotopic (exact) mass is 261 g/mol. The van der Waals surface area contributed by atoms with Crippen molar-refractivity contribution in [3.8, 4) is 0 Å². The molecule has 1 aromatic carbocycles. The molecule has 1 aliphatic rings. The highest BCUT2D eigenvalue weighted by Gasteiger charge is 2.45. The number of aliphatic hydroxyl groups excluding tert-OH is 1. The lowest BCUT2D eigenvalue weighted by molar-refractivity contribution is -0.129. The van der Waals surface area contributed by atoms with Gasteiger partial charge in [0.2, 0.25) is 5.91 Å². The van der Waals surface area contributed by atoms with Crippen LogP contribution in [0.2, 0.25) is 0 Å². The predicted molar refractivity (Wildman–Crippen MR) is 75.9 cm³/mol. The molecule has 1 aromatic rings. The molecule has 2 N–H and O–H groups in total. The lowest BCUT2D eigenvalue weighted by Gasteiger charge is -2.40. The van der Waals surface area contributed by atoms with Gasteiger partial charge in [0.05, 0.1) is 11.5 Å². The Kier molecular flexibility index (Phi) is 4.59. The second-order valence-corrected chi connectivity index (χ2v) is 5.55. The van der Waals surface area contributed by atoms with Crippen molar-refractivity contribution in [3.63, 3.8) is 0 Å². The lowest BCUT2D eigenvalue weighted by Crippen LogP contribution is -2.49. The van der Waals surface area contributed by atoms with E-state index < -0.39 is 0 Å². The summed E-state index contributed by atoms with van der Waals surface area (Å²) < 4.78 is 0. The van der Waals surface area contributed by atoms with E-state index in [2.05, 4.69) is 17.4 Å². The molecule has 1 aliphatic carbocycles. The molecule has 1 unspecified atom stereocenters. The minimum atomic E-state index is -0.300. The highest BCUT2D eigenvalue weighted by atomic mass is 16.3. The normalized spacial score (nSPS) is 18.4. The summed E-state index contributed by atoms with van der Waals surface area (Å²) in [5.74, 6) is 0.149. The molecule has 104 valence electrons. The Balaban J connectivity index is 1.93. The van der Waals surface area contributed by atoms with Crippen LogP contribution < -0.4 is 5.32 Å². The van der Waals surface area contributed by atoms with Gasteiger partial charge in [0.1, 0.15) is 0 Å². The Morgan fingerprint density at radius 1 is 1.37 bits per heavy atom. The van der Waals surface area contributed by atoms with Crippen molar-refractivity contribution in [3.05, 3.63) is 35.9 Å². The molecule has 0 aliphatic heterocycles. The molecule has 0 heterocycles. The topological polar surface area (TPSA) is 49.3 Å². The highest BCUT2D eigenvalue weighted by molar-refractivity contribution is 5.89. The molecule has 1 saturated carbocycles. The summed E-state index contributed by atoms with van der Waals surface area (Å²) in [7, 11) is 0. The van der Waals surface area contributed by atoms with E-state index in [0.717, 1.165) is 37.7 Å². The van der Waals surface area contributed by atoms with Crippen molar-refractivity contribution in [2.75, 3.05) is 6.54 Å². The van der Waals surface area contributed by atoms with E-state index in [1.54, 1.807) is 6.92 Å². The number of hydrogen-bond acceptors (Lipinski definition) is 2. The smallest absolute Gasteiger partial charge is 0.230 e. The highest BCUT2D eigenvalue weighted by Crippen LogP contribution is 2.43. The summed E-state index contributed by atoms with van der Waals surface area (Å²) >= 11 is 0. The van der Waals surface area contributed by atoms with Gasteiger partial charge in [0.15, 0.2) is 0 Å². The van der Waals surface area contributed by atoms with Crippen LogP contribution in [0.25, 0.3) is 0 Å². The molecular formula is C16H23NO2. The summed E-state index contributed by atoms with van der Waals surface area (Å²) in [6, 6.07) is 10.1. The van der Waals surface area contributed by atoms with Crippen LogP contribution >= 0.6 is 0 Å². The number of rotatable bonds is 6. The fourth-order valence-corrected chi connectivity index (χ4v) is 2.70. The van der Waals surface area contributed by atoms with E-state index in [0.29, 0.717) is 6.54 Å². The number of amides is 1. The molecule has 2 rings (SSSR count). The average molecular weight is 261 g/mol. The maximum absolute atomic E-state index is 12.4. The molecule has 0 saturated heterocycles. The van der Waals surface area contributed by atoms with Crippen molar-refractivity contribution in [2.45, 2.75) is 50.5 Å². The van der Waals surface area contributed by atoms with Crippen molar-refractivity contribution in [1.29, 1.82) is 0 Å². The van der Waals surface area contributed by atoms with Gasteiger partial charge in [-0.3, -0.25) is 4.79 Å². The van der Waals surface area contributed by atoms with Crippen LogP contribution in [0.3, 0.4) is 0 Å². The van der Waals surface area contributed by atoms with Crippen LogP contribution in [0.5, 0.6) is 0 Å². The second-order valence-electron chi connectivity index (χ2n) is 5.55. The van der Waals surface area contributed by atoms with Crippen molar-refractivity contribution < 1.29 is 9.90 Å². The minimum Gasteiger partial charge on any atom is -0.393 e. The van der Waals surface area contributed by atoms with Gasteiger partial charge in [0, 0.05) is 6.54 Å². The predicted octanol–water partition coefficient (Wildman–Crippen LogP) is 2.39. The standard InChI is InChI=1S/C16H23NO2/c1-13(18)7-5-12-17-15(19)16(10-6-11-16)14-8-3-2-4-9-14/h2-4,8-9,13,18H,5-7,10-12H2,1H3,(H,17,19). The molecule has 0 bridgehead atoms. The summed E-state index contributed by atoms with van der Waals surface area (Å²) in [6.07, 6.45) is 4.28. The van der Waals surface area contributed by atoms with Crippen LogP contribution in [-0.2, 0) is 10.2 Å². The van der Waals surface area contributed by atoms with E-state index in [-0.39, 0.29) is 17.4 Å². The van der Waals surface area contributed by atoms with Crippen LogP contribution in [0.4, 0.5) is 0 Å². The lowest BCUT2D eigenvalue weighted by atomic mass is 9.64. The van der Waals surface area contributed by atoms with Gasteiger partial charge < -0.3 is 10.4 Å². The first-order valence-electron chi connectivity index (χ1n) is 7.17. The first-order valence-corrected chi connectivity index (χ1v) is 7.17. The van der Waals surface area contributed by atoms with E-state index >= 15 is 0 Å². The van der Waals surface area contributed by atoms with Gasteiger partial charge in [-0.1, -0.05) is 36.8 Å². The number of nitrogens with one attached hydrogen (secondary N) is 1. The maximum atomic E-state index is 12.4. The summed E-state index contributed by atoms with van der Waals surface area (Å²) in [4.78, 5) is 12.4. The molecule has 0 radical (unpaired) electrons. The number of benzene rings is 1. The molecule has 3 nitrogen and oxygen atoms in total. The Bertz CT molecular complexity index is 410. The molecule has 0 aromatic heterocycles. The summed E-state index contributed by atoms with van der Waals surface area (Å²) in [6.45, 7) is 2.43. The summed E-state index contributed by atoms with van der Waals surface area (Å²) in [5, 5.41) is 12.2. The first-order chi connectivity index (χ1) is 9.15. The zero-order valence-corrected chi connectivity index (χ0v) is 11.6. The van der Waals surface area contributed by atoms with Crippen LogP contribution in [-0.4, -0.2) is 23.7 Å². The van der Waals surface area contributed by atoms with Gasteiger partial charge in [-0.05, 0) is 38.2 Å². The van der Waals surface area contributed by atoms with E-state index in [4.69, 9.17) is 0 Å². The second kappa shape index (κ2) is 6.20. The van der Waals surface area contributed by atoms with E-state index in [9.17, 15) is 9.90 Å². The largest absolute Gasteiger partial charge is 0.393 e. The third-order valence-electron chi connectivity index (χ3n) is 4.05. The average Bonchev–Trinajstić information content (AvgIpc) is 2.34. The quantitative estimate of drug-likeness (QED) is 0.772. The molecule has 1 atom stereocenters. The van der Waals surface area contributed by atoms with Gasteiger partial charge in [0.25, 0.3) is 0 Å². The maximum Gasteiger partial charge on any atom is 0.230 e. The van der Waals surface area contributed by atoms with E-state index in [1.807, 2.05) is 18.2 Å². The van der Waals surface area contributed by atoms with Gasteiger partial charge in [-0.15, -0.1) is 0 Å². The zero-order chi connectivity index (χ0) is 13.7. The summed E-state index contributed by atoms with van der Waals surface area (Å²) in [5.41, 5.74) is 0.834. The third kappa shape index (κ3) is 3.16. The van der Waals surface area contributed by atoms with Crippen molar-refractivity contribution in [2.24, 2.45) is 0 Å². The Hall–Kier alpha value is -1.35. The SMILES string of the molecule is CC(O)CCCNC(=O)C1(c2ccccc2)CCC1. The minimum absolute atomic E-state index is 0.149. The zero-order valence-electron chi connectivity index (χ0n) is 11.6. The van der Waals surface area contributed by atoms with Crippen molar-refractivity contribution in [1.82, 2.24) is 5.32 Å². The molecule has 0 spiro atoms. The number of aliphatic hydroxyl groups is 1. The molecule has 19 heavy (non-hydrogen) atoms. The first kappa shape index (κ1) is 14.1.